The Morgan fingerprint density at radius 1 is 1.13 bits per heavy atom. The first-order valence-electron chi connectivity index (χ1n) is 11.5. The molecule has 162 valence electrons. The van der Waals surface area contributed by atoms with E-state index < -0.39 is 0 Å². The largest absolute Gasteiger partial charge is 0.353 e. The van der Waals surface area contributed by atoms with Crippen molar-refractivity contribution in [3.63, 3.8) is 0 Å². The van der Waals surface area contributed by atoms with Gasteiger partial charge in [-0.1, -0.05) is 38.8 Å². The van der Waals surface area contributed by atoms with Crippen molar-refractivity contribution < 1.29 is 4.79 Å². The second-order valence-electron chi connectivity index (χ2n) is 9.49. The van der Waals surface area contributed by atoms with Crippen molar-refractivity contribution in [2.75, 3.05) is 0 Å². The Labute approximate surface area is 183 Å². The van der Waals surface area contributed by atoms with Crippen LogP contribution < -0.4 is 10.9 Å². The van der Waals surface area contributed by atoms with Crippen LogP contribution in [0.3, 0.4) is 0 Å². The zero-order valence-corrected chi connectivity index (χ0v) is 18.8. The summed E-state index contributed by atoms with van der Waals surface area (Å²) in [5, 5.41) is 4.03. The fourth-order valence-electron chi connectivity index (χ4n) is 5.32. The summed E-state index contributed by atoms with van der Waals surface area (Å²) in [5.41, 5.74) is 0.769. The first kappa shape index (κ1) is 21.3. The number of fused-ring (bicyclic) bond motifs is 1. The number of H-pyrrole nitrogens is 1. The van der Waals surface area contributed by atoms with E-state index in [9.17, 15) is 9.59 Å². The number of hydrogen-bond acceptors (Lipinski definition) is 3. The van der Waals surface area contributed by atoms with Gasteiger partial charge in [0.1, 0.15) is 0 Å². The lowest BCUT2D eigenvalue weighted by molar-refractivity contribution is -0.127. The Balaban J connectivity index is 1.36. The van der Waals surface area contributed by atoms with Gasteiger partial charge in [0.25, 0.3) is 5.56 Å². The van der Waals surface area contributed by atoms with Crippen molar-refractivity contribution in [3.05, 3.63) is 39.4 Å². The highest BCUT2D eigenvalue weighted by atomic mass is 32.1. The lowest BCUT2D eigenvalue weighted by atomic mass is 9.77. The fraction of sp³-hybridized carbons (Fsp3) is 0.625. The van der Waals surface area contributed by atoms with E-state index in [0.717, 1.165) is 37.6 Å². The lowest BCUT2D eigenvalue weighted by Gasteiger charge is -2.36. The van der Waals surface area contributed by atoms with Gasteiger partial charge in [0.15, 0.2) is 4.77 Å². The summed E-state index contributed by atoms with van der Waals surface area (Å²) in [4.78, 5) is 28.9. The molecule has 2 aliphatic rings. The third-order valence-electron chi connectivity index (χ3n) is 7.58. The van der Waals surface area contributed by atoms with Gasteiger partial charge in [-0.05, 0) is 74.2 Å². The van der Waals surface area contributed by atoms with Gasteiger partial charge in [-0.15, -0.1) is 0 Å². The number of aromatic nitrogens is 2. The van der Waals surface area contributed by atoms with E-state index in [-0.39, 0.29) is 17.4 Å². The lowest BCUT2D eigenvalue weighted by Crippen LogP contribution is -2.46. The number of para-hydroxylation sites is 1. The van der Waals surface area contributed by atoms with E-state index in [1.54, 1.807) is 4.57 Å². The first-order valence-corrected chi connectivity index (χ1v) is 11.9. The molecule has 1 amide bonds. The molecule has 2 N–H and O–H groups in total. The van der Waals surface area contributed by atoms with Crippen LogP contribution in [0.2, 0.25) is 0 Å². The van der Waals surface area contributed by atoms with Gasteiger partial charge in [-0.3, -0.25) is 14.2 Å². The van der Waals surface area contributed by atoms with Crippen LogP contribution in [-0.2, 0) is 11.3 Å². The van der Waals surface area contributed by atoms with Gasteiger partial charge in [0.05, 0.1) is 10.9 Å². The number of benzene rings is 1. The fourth-order valence-corrected chi connectivity index (χ4v) is 5.58. The van der Waals surface area contributed by atoms with Gasteiger partial charge in [-0.25, -0.2) is 0 Å². The topological polar surface area (TPSA) is 66.9 Å². The molecule has 2 aliphatic carbocycles. The quantitative estimate of drug-likeness (QED) is 0.689. The molecular weight excluding hydrogens is 394 g/mol. The molecule has 2 aromatic rings. The number of amides is 1. The Hall–Kier alpha value is -1.95. The number of carbonyl (C=O) groups excluding carboxylic acids is 1. The molecule has 4 rings (SSSR count). The van der Waals surface area contributed by atoms with Crippen LogP contribution in [0, 0.1) is 28.4 Å². The van der Waals surface area contributed by atoms with Crippen molar-refractivity contribution in [1.29, 1.82) is 0 Å². The number of rotatable bonds is 4. The Morgan fingerprint density at radius 3 is 2.63 bits per heavy atom. The third kappa shape index (κ3) is 4.39. The minimum absolute atomic E-state index is 0.0189. The molecule has 1 heterocycles. The number of aromatic amines is 1. The second-order valence-corrected chi connectivity index (χ2v) is 9.88. The third-order valence-corrected chi connectivity index (χ3v) is 7.90. The number of hydrogen-bond donors (Lipinski definition) is 2. The van der Waals surface area contributed by atoms with Gasteiger partial charge < -0.3 is 10.3 Å². The molecule has 30 heavy (non-hydrogen) atoms. The molecule has 5 nitrogen and oxygen atoms in total. The van der Waals surface area contributed by atoms with Crippen LogP contribution in [0.25, 0.3) is 10.9 Å². The second kappa shape index (κ2) is 9.04. The Bertz CT molecular complexity index is 1020. The number of nitrogens with one attached hydrogen (secondary N) is 2. The monoisotopic (exact) mass is 427 g/mol. The minimum Gasteiger partial charge on any atom is -0.353 e. The molecular formula is C24H33N3O2S. The van der Waals surface area contributed by atoms with Crippen LogP contribution in [0.4, 0.5) is 0 Å². The summed E-state index contributed by atoms with van der Waals surface area (Å²) in [7, 11) is 0. The predicted octanol–water partition coefficient (Wildman–Crippen LogP) is 4.81. The van der Waals surface area contributed by atoms with E-state index >= 15 is 0 Å². The molecule has 0 saturated heterocycles. The standard InChI is InChI=1S/C24H33N3O2S/c1-15-6-5-9-20(16(15)2)25-22(28)18-12-10-17(11-13-18)14-27-23(29)19-7-3-4-8-21(19)26-24(27)30/h3-4,7-8,15-18,20H,5-6,9-14H2,1-2H3,(H,25,28)(H,26,30)/t15-,16+,17?,18?,20+/m1/s1. The number of carbonyl (C=O) groups is 1. The summed E-state index contributed by atoms with van der Waals surface area (Å²) in [6.07, 6.45) is 7.30. The highest BCUT2D eigenvalue weighted by molar-refractivity contribution is 7.71. The maximum atomic E-state index is 12.9. The zero-order valence-electron chi connectivity index (χ0n) is 18.0. The summed E-state index contributed by atoms with van der Waals surface area (Å²) in [6, 6.07) is 7.83. The van der Waals surface area contributed by atoms with Crippen molar-refractivity contribution in [2.24, 2.45) is 23.7 Å². The smallest absolute Gasteiger partial charge is 0.262 e. The maximum absolute atomic E-state index is 12.9. The van der Waals surface area contributed by atoms with Crippen molar-refractivity contribution >= 4 is 29.0 Å². The summed E-state index contributed by atoms with van der Waals surface area (Å²) in [5.74, 6) is 1.97. The molecule has 1 aromatic carbocycles. The molecule has 2 fully saturated rings. The van der Waals surface area contributed by atoms with E-state index in [1.807, 2.05) is 24.3 Å². The first-order chi connectivity index (χ1) is 14.4. The van der Waals surface area contributed by atoms with E-state index in [1.165, 1.54) is 12.8 Å². The average Bonchev–Trinajstić information content (AvgIpc) is 2.75. The summed E-state index contributed by atoms with van der Waals surface area (Å²) in [6.45, 7) is 5.20. The molecule has 0 radical (unpaired) electrons. The van der Waals surface area contributed by atoms with Crippen LogP contribution in [-0.4, -0.2) is 21.5 Å². The maximum Gasteiger partial charge on any atom is 0.262 e. The van der Waals surface area contributed by atoms with E-state index in [4.69, 9.17) is 12.2 Å². The summed E-state index contributed by atoms with van der Waals surface area (Å²) >= 11 is 5.46. The van der Waals surface area contributed by atoms with Crippen LogP contribution in [0.5, 0.6) is 0 Å². The Morgan fingerprint density at radius 2 is 1.87 bits per heavy atom. The molecule has 1 aromatic heterocycles. The van der Waals surface area contributed by atoms with Crippen LogP contribution in [0.1, 0.15) is 58.8 Å². The van der Waals surface area contributed by atoms with Gasteiger partial charge >= 0.3 is 0 Å². The molecule has 2 saturated carbocycles. The van der Waals surface area contributed by atoms with Gasteiger partial charge in [0.2, 0.25) is 5.91 Å². The molecule has 0 aliphatic heterocycles. The average molecular weight is 428 g/mol. The molecule has 0 unspecified atom stereocenters. The highest BCUT2D eigenvalue weighted by Crippen LogP contribution is 2.32. The van der Waals surface area contributed by atoms with Crippen molar-refractivity contribution in [3.8, 4) is 0 Å². The van der Waals surface area contributed by atoms with Crippen molar-refractivity contribution in [2.45, 2.75) is 71.4 Å². The minimum atomic E-state index is -0.0189. The highest BCUT2D eigenvalue weighted by Gasteiger charge is 2.32. The van der Waals surface area contributed by atoms with Crippen molar-refractivity contribution in [1.82, 2.24) is 14.9 Å². The SMILES string of the molecule is C[C@H]1[C@H](C)CCC[C@@H]1NC(=O)C1CCC(Cn2c(=S)[nH]c3ccccc3c2=O)CC1. The molecule has 6 heteroatoms. The Kier molecular flexibility index (Phi) is 6.42. The molecule has 0 spiro atoms. The van der Waals surface area contributed by atoms with E-state index in [2.05, 4.69) is 24.1 Å². The number of nitrogens with zero attached hydrogens (tertiary/aromatic N) is 1. The molecule has 0 bridgehead atoms. The normalized spacial score (nSPS) is 29.6. The van der Waals surface area contributed by atoms with Crippen LogP contribution >= 0.6 is 12.2 Å². The van der Waals surface area contributed by atoms with Gasteiger partial charge in [-0.2, -0.15) is 0 Å². The van der Waals surface area contributed by atoms with E-state index in [0.29, 0.717) is 40.5 Å². The molecule has 3 atom stereocenters. The predicted molar refractivity (Wildman–Crippen MR) is 123 cm³/mol. The van der Waals surface area contributed by atoms with Crippen LogP contribution in [0.15, 0.2) is 29.1 Å². The zero-order chi connectivity index (χ0) is 21.3. The van der Waals surface area contributed by atoms with Gasteiger partial charge in [0, 0.05) is 18.5 Å². The summed E-state index contributed by atoms with van der Waals surface area (Å²) < 4.78 is 2.19.